The predicted octanol–water partition coefficient (Wildman–Crippen LogP) is 4.16. The number of hydrogen-bond donors (Lipinski definition) is 1. The molecule has 2 aromatic rings. The van der Waals surface area contributed by atoms with E-state index in [-0.39, 0.29) is 5.91 Å². The number of nitrogens with zero attached hydrogens (tertiary/aromatic N) is 3. The Morgan fingerprint density at radius 1 is 1.29 bits per heavy atom. The van der Waals surface area contributed by atoms with Gasteiger partial charge in [0.05, 0.1) is 5.75 Å². The van der Waals surface area contributed by atoms with E-state index in [0.29, 0.717) is 11.7 Å². The lowest BCUT2D eigenvalue weighted by atomic mass is 10.1. The summed E-state index contributed by atoms with van der Waals surface area (Å²) in [4.78, 5) is 12.3. The van der Waals surface area contributed by atoms with Crippen molar-refractivity contribution >= 4 is 23.4 Å². The fourth-order valence-electron chi connectivity index (χ4n) is 2.45. The summed E-state index contributed by atoms with van der Waals surface area (Å²) in [5.41, 5.74) is 3.07. The average Bonchev–Trinajstić information content (AvgIpc) is 2.92. The topological polar surface area (TPSA) is 59.8 Å². The van der Waals surface area contributed by atoms with Crippen LogP contribution >= 0.6 is 11.8 Å². The summed E-state index contributed by atoms with van der Waals surface area (Å²) >= 11 is 1.44. The van der Waals surface area contributed by atoms with Crippen LogP contribution < -0.4 is 5.32 Å². The van der Waals surface area contributed by atoms with Gasteiger partial charge in [-0.1, -0.05) is 44.7 Å². The van der Waals surface area contributed by atoms with Gasteiger partial charge in [-0.05, 0) is 37.5 Å². The molecule has 0 radical (unpaired) electrons. The lowest BCUT2D eigenvalue weighted by molar-refractivity contribution is -0.113. The molecule has 0 unspecified atom stereocenters. The van der Waals surface area contributed by atoms with Crippen LogP contribution in [0.15, 0.2) is 23.4 Å². The number of thioether (sulfide) groups is 1. The molecular formula is C18H26N4OS. The number of benzene rings is 1. The molecule has 24 heavy (non-hydrogen) atoms. The van der Waals surface area contributed by atoms with Crippen LogP contribution in [-0.4, -0.2) is 26.4 Å². The Kier molecular flexibility index (Phi) is 6.43. The fraction of sp³-hybridized carbons (Fsp3) is 0.500. The Labute approximate surface area is 148 Å². The third-order valence-corrected chi connectivity index (χ3v) is 4.68. The molecule has 1 aromatic heterocycles. The van der Waals surface area contributed by atoms with Crippen molar-refractivity contribution in [3.8, 4) is 0 Å². The van der Waals surface area contributed by atoms with Gasteiger partial charge in [0.1, 0.15) is 5.82 Å². The summed E-state index contributed by atoms with van der Waals surface area (Å²) in [6, 6.07) is 6.06. The molecule has 0 bridgehead atoms. The molecule has 0 spiro atoms. The molecule has 1 amide bonds. The van der Waals surface area contributed by atoms with Gasteiger partial charge in [0.15, 0.2) is 5.16 Å². The molecule has 0 aliphatic heterocycles. The second kappa shape index (κ2) is 8.33. The molecule has 0 saturated heterocycles. The number of amides is 1. The smallest absolute Gasteiger partial charge is 0.234 e. The van der Waals surface area contributed by atoms with Crippen molar-refractivity contribution in [3.63, 3.8) is 0 Å². The van der Waals surface area contributed by atoms with E-state index in [1.165, 1.54) is 11.8 Å². The summed E-state index contributed by atoms with van der Waals surface area (Å²) in [5.74, 6) is 1.61. The number of anilines is 1. The van der Waals surface area contributed by atoms with Gasteiger partial charge in [-0.25, -0.2) is 0 Å². The minimum absolute atomic E-state index is 0.0224. The van der Waals surface area contributed by atoms with Gasteiger partial charge in [0.2, 0.25) is 5.91 Å². The minimum Gasteiger partial charge on any atom is -0.325 e. The van der Waals surface area contributed by atoms with Gasteiger partial charge < -0.3 is 9.88 Å². The zero-order valence-corrected chi connectivity index (χ0v) is 15.9. The van der Waals surface area contributed by atoms with Gasteiger partial charge in [-0.2, -0.15) is 0 Å². The molecular weight excluding hydrogens is 320 g/mol. The molecule has 1 aromatic carbocycles. The molecule has 130 valence electrons. The Morgan fingerprint density at radius 2 is 2.04 bits per heavy atom. The normalized spacial score (nSPS) is 11.1. The lowest BCUT2D eigenvalue weighted by Crippen LogP contribution is -2.15. The number of nitrogens with one attached hydrogen (secondary N) is 1. The fourth-order valence-corrected chi connectivity index (χ4v) is 3.23. The van der Waals surface area contributed by atoms with E-state index in [2.05, 4.69) is 40.9 Å². The Bertz CT molecular complexity index is 709. The number of carbonyl (C=O) groups excluding carboxylic acids is 1. The maximum atomic E-state index is 12.3. The van der Waals surface area contributed by atoms with Crippen LogP contribution in [0.25, 0.3) is 0 Å². The monoisotopic (exact) mass is 346 g/mol. The second-order valence-electron chi connectivity index (χ2n) is 6.30. The van der Waals surface area contributed by atoms with Gasteiger partial charge in [0, 0.05) is 18.2 Å². The molecule has 6 heteroatoms. The molecule has 1 heterocycles. The standard InChI is InChI=1S/C18H26N4OS/c1-6-9-22-17(12(2)3)20-21-18(22)24-11-16(23)19-15-10-13(4)7-8-14(15)5/h7-8,10,12H,6,9,11H2,1-5H3,(H,19,23). The van der Waals surface area contributed by atoms with Gasteiger partial charge >= 0.3 is 0 Å². The number of carbonyl (C=O) groups is 1. The van der Waals surface area contributed by atoms with E-state index < -0.39 is 0 Å². The maximum Gasteiger partial charge on any atom is 0.234 e. The summed E-state index contributed by atoms with van der Waals surface area (Å²) < 4.78 is 2.13. The van der Waals surface area contributed by atoms with Crippen LogP contribution in [0.1, 0.15) is 50.1 Å². The van der Waals surface area contributed by atoms with E-state index in [4.69, 9.17) is 0 Å². The van der Waals surface area contributed by atoms with Crippen LogP contribution in [0.5, 0.6) is 0 Å². The number of aromatic nitrogens is 3. The van der Waals surface area contributed by atoms with E-state index >= 15 is 0 Å². The first-order valence-electron chi connectivity index (χ1n) is 8.35. The highest BCUT2D eigenvalue weighted by Crippen LogP contribution is 2.22. The lowest BCUT2D eigenvalue weighted by Gasteiger charge is -2.11. The zero-order chi connectivity index (χ0) is 17.7. The third-order valence-electron chi connectivity index (χ3n) is 3.71. The third kappa shape index (κ3) is 4.60. The second-order valence-corrected chi connectivity index (χ2v) is 7.24. The summed E-state index contributed by atoms with van der Waals surface area (Å²) in [7, 11) is 0. The highest BCUT2D eigenvalue weighted by molar-refractivity contribution is 7.99. The Hall–Kier alpha value is -1.82. The first-order chi connectivity index (χ1) is 11.4. The van der Waals surface area contributed by atoms with Crippen molar-refractivity contribution in [2.75, 3.05) is 11.1 Å². The van der Waals surface area contributed by atoms with E-state index in [1.54, 1.807) is 0 Å². The van der Waals surface area contributed by atoms with Crippen molar-refractivity contribution in [1.82, 2.24) is 14.8 Å². The highest BCUT2D eigenvalue weighted by atomic mass is 32.2. The summed E-state index contributed by atoms with van der Waals surface area (Å²) in [6.07, 6.45) is 1.01. The number of hydrogen-bond acceptors (Lipinski definition) is 4. The van der Waals surface area contributed by atoms with Crippen molar-refractivity contribution in [2.45, 2.75) is 58.7 Å². The van der Waals surface area contributed by atoms with E-state index in [0.717, 1.165) is 40.8 Å². The molecule has 0 saturated carbocycles. The maximum absolute atomic E-state index is 12.3. The molecule has 0 atom stereocenters. The predicted molar refractivity (Wildman–Crippen MR) is 99.7 cm³/mol. The van der Waals surface area contributed by atoms with E-state index in [9.17, 15) is 4.79 Å². The average molecular weight is 347 g/mol. The molecule has 2 rings (SSSR count). The molecule has 0 fully saturated rings. The molecule has 1 N–H and O–H groups in total. The quantitative estimate of drug-likeness (QED) is 0.765. The highest BCUT2D eigenvalue weighted by Gasteiger charge is 2.16. The SMILES string of the molecule is CCCn1c(SCC(=O)Nc2cc(C)ccc2C)nnc1C(C)C. The molecule has 5 nitrogen and oxygen atoms in total. The van der Waals surface area contributed by atoms with Crippen LogP contribution in [0.4, 0.5) is 5.69 Å². The first kappa shape index (κ1) is 18.5. The Morgan fingerprint density at radius 3 is 2.71 bits per heavy atom. The number of aryl methyl sites for hydroxylation is 2. The minimum atomic E-state index is -0.0224. The van der Waals surface area contributed by atoms with Crippen molar-refractivity contribution in [3.05, 3.63) is 35.2 Å². The summed E-state index contributed by atoms with van der Waals surface area (Å²) in [6.45, 7) is 11.2. The van der Waals surface area contributed by atoms with E-state index in [1.807, 2.05) is 32.0 Å². The first-order valence-corrected chi connectivity index (χ1v) is 9.34. The van der Waals surface area contributed by atoms with Crippen LogP contribution in [0, 0.1) is 13.8 Å². The van der Waals surface area contributed by atoms with Crippen LogP contribution in [0.2, 0.25) is 0 Å². The van der Waals surface area contributed by atoms with Gasteiger partial charge in [-0.3, -0.25) is 4.79 Å². The summed E-state index contributed by atoms with van der Waals surface area (Å²) in [5, 5.41) is 12.3. The zero-order valence-electron chi connectivity index (χ0n) is 15.1. The van der Waals surface area contributed by atoms with Gasteiger partial charge in [-0.15, -0.1) is 10.2 Å². The largest absolute Gasteiger partial charge is 0.325 e. The van der Waals surface area contributed by atoms with Gasteiger partial charge in [0.25, 0.3) is 0 Å². The van der Waals surface area contributed by atoms with Crippen molar-refractivity contribution < 1.29 is 4.79 Å². The van der Waals surface area contributed by atoms with Crippen molar-refractivity contribution in [2.24, 2.45) is 0 Å². The van der Waals surface area contributed by atoms with Crippen LogP contribution in [-0.2, 0) is 11.3 Å². The van der Waals surface area contributed by atoms with Crippen molar-refractivity contribution in [1.29, 1.82) is 0 Å². The van der Waals surface area contributed by atoms with Crippen LogP contribution in [0.3, 0.4) is 0 Å². The Balaban J connectivity index is 2.02. The molecule has 0 aliphatic rings. The molecule has 0 aliphatic carbocycles. The number of rotatable bonds is 7.